The predicted octanol–water partition coefficient (Wildman–Crippen LogP) is 2.61. The molecule has 0 aliphatic carbocycles. The number of benzene rings is 1. The van der Waals surface area contributed by atoms with Crippen molar-refractivity contribution in [3.8, 4) is 6.07 Å². The summed E-state index contributed by atoms with van der Waals surface area (Å²) in [7, 11) is 0. The first-order valence-electron chi connectivity index (χ1n) is 6.91. The van der Waals surface area contributed by atoms with Gasteiger partial charge in [-0.05, 0) is 37.1 Å². The Morgan fingerprint density at radius 3 is 2.80 bits per heavy atom. The first-order valence-corrected chi connectivity index (χ1v) is 6.91. The van der Waals surface area contributed by atoms with Crippen LogP contribution in [-0.4, -0.2) is 14.9 Å². The highest BCUT2D eigenvalue weighted by Gasteiger charge is 2.13. The van der Waals surface area contributed by atoms with Crippen LogP contribution >= 0.6 is 0 Å². The Bertz CT molecular complexity index is 625. The molecule has 0 spiro atoms. The highest BCUT2D eigenvalue weighted by molar-refractivity contribution is 5.34. The number of nitrogens with zero attached hydrogens (tertiary/aromatic N) is 3. The van der Waals surface area contributed by atoms with Crippen molar-refractivity contribution in [2.24, 2.45) is 0 Å². The molecule has 0 fully saturated rings. The smallest absolute Gasteiger partial charge is 0.0991 e. The number of rotatable bonds is 5. The van der Waals surface area contributed by atoms with Crippen LogP contribution in [0.4, 0.5) is 0 Å². The second-order valence-electron chi connectivity index (χ2n) is 4.75. The van der Waals surface area contributed by atoms with Gasteiger partial charge in [-0.15, -0.1) is 0 Å². The third kappa shape index (κ3) is 3.06. The quantitative estimate of drug-likeness (QED) is 0.907. The van der Waals surface area contributed by atoms with Crippen molar-refractivity contribution in [2.45, 2.75) is 39.3 Å². The SMILES string of the molecule is CCc1cc(CC(O)c2cccc(C#N)c2)n(CC)n1. The summed E-state index contributed by atoms with van der Waals surface area (Å²) in [5.41, 5.74) is 3.41. The topological polar surface area (TPSA) is 61.8 Å². The fourth-order valence-corrected chi connectivity index (χ4v) is 2.26. The highest BCUT2D eigenvalue weighted by Crippen LogP contribution is 2.20. The molecule has 104 valence electrons. The molecule has 1 aromatic heterocycles. The zero-order valence-electron chi connectivity index (χ0n) is 11.9. The number of aryl methyl sites for hydroxylation is 2. The van der Waals surface area contributed by atoms with Gasteiger partial charge in [0.15, 0.2) is 0 Å². The number of hydrogen-bond acceptors (Lipinski definition) is 3. The average Bonchev–Trinajstić information content (AvgIpc) is 2.89. The lowest BCUT2D eigenvalue weighted by Crippen LogP contribution is -2.08. The molecule has 0 saturated heterocycles. The van der Waals surface area contributed by atoms with Gasteiger partial charge in [-0.1, -0.05) is 19.1 Å². The zero-order chi connectivity index (χ0) is 14.5. The third-order valence-corrected chi connectivity index (χ3v) is 3.38. The van der Waals surface area contributed by atoms with Gasteiger partial charge in [0.05, 0.1) is 23.4 Å². The molecular formula is C16H19N3O. The predicted molar refractivity (Wildman–Crippen MR) is 77.1 cm³/mol. The fraction of sp³-hybridized carbons (Fsp3) is 0.375. The summed E-state index contributed by atoms with van der Waals surface area (Å²) < 4.78 is 1.93. The van der Waals surface area contributed by atoms with Gasteiger partial charge >= 0.3 is 0 Å². The molecule has 1 aromatic carbocycles. The minimum atomic E-state index is -0.616. The summed E-state index contributed by atoms with van der Waals surface area (Å²) in [6.07, 6.45) is 0.783. The van der Waals surface area contributed by atoms with E-state index in [0.717, 1.165) is 29.9 Å². The molecular weight excluding hydrogens is 250 g/mol. The van der Waals surface area contributed by atoms with Crippen LogP contribution in [0.3, 0.4) is 0 Å². The molecule has 4 heteroatoms. The Morgan fingerprint density at radius 2 is 2.15 bits per heavy atom. The van der Waals surface area contributed by atoms with E-state index in [0.29, 0.717) is 12.0 Å². The molecule has 4 nitrogen and oxygen atoms in total. The van der Waals surface area contributed by atoms with Crippen LogP contribution in [0.25, 0.3) is 0 Å². The number of nitriles is 1. The van der Waals surface area contributed by atoms with Crippen LogP contribution in [0.2, 0.25) is 0 Å². The molecule has 1 heterocycles. The summed E-state index contributed by atoms with van der Waals surface area (Å²) in [5, 5.41) is 23.7. The average molecular weight is 269 g/mol. The molecule has 1 unspecified atom stereocenters. The van der Waals surface area contributed by atoms with Crippen molar-refractivity contribution in [3.63, 3.8) is 0 Å². The van der Waals surface area contributed by atoms with Crippen LogP contribution < -0.4 is 0 Å². The van der Waals surface area contributed by atoms with E-state index in [1.807, 2.05) is 23.7 Å². The van der Waals surface area contributed by atoms with Gasteiger partial charge in [0.25, 0.3) is 0 Å². The highest BCUT2D eigenvalue weighted by atomic mass is 16.3. The molecule has 0 aliphatic heterocycles. The van der Waals surface area contributed by atoms with E-state index in [4.69, 9.17) is 5.26 Å². The van der Waals surface area contributed by atoms with Gasteiger partial charge in [0, 0.05) is 18.7 Å². The van der Waals surface area contributed by atoms with Gasteiger partial charge < -0.3 is 5.11 Å². The second kappa shape index (κ2) is 6.36. The van der Waals surface area contributed by atoms with Crippen LogP contribution in [-0.2, 0) is 19.4 Å². The summed E-state index contributed by atoms with van der Waals surface area (Å²) in [5.74, 6) is 0. The summed E-state index contributed by atoms with van der Waals surface area (Å²) in [6.45, 7) is 4.90. The lowest BCUT2D eigenvalue weighted by molar-refractivity contribution is 0.175. The fourth-order valence-electron chi connectivity index (χ4n) is 2.26. The maximum atomic E-state index is 10.3. The molecule has 1 N–H and O–H groups in total. The number of aliphatic hydroxyl groups excluding tert-OH is 1. The Balaban J connectivity index is 2.20. The molecule has 20 heavy (non-hydrogen) atoms. The van der Waals surface area contributed by atoms with E-state index < -0.39 is 6.10 Å². The molecule has 0 radical (unpaired) electrons. The van der Waals surface area contributed by atoms with E-state index in [-0.39, 0.29) is 0 Å². The van der Waals surface area contributed by atoms with Crippen molar-refractivity contribution >= 4 is 0 Å². The Hall–Kier alpha value is -2.12. The van der Waals surface area contributed by atoms with Crippen molar-refractivity contribution in [2.75, 3.05) is 0 Å². The number of aromatic nitrogens is 2. The largest absolute Gasteiger partial charge is 0.388 e. The van der Waals surface area contributed by atoms with Gasteiger partial charge in [0.2, 0.25) is 0 Å². The molecule has 1 atom stereocenters. The summed E-state index contributed by atoms with van der Waals surface area (Å²) in [4.78, 5) is 0. The second-order valence-corrected chi connectivity index (χ2v) is 4.75. The normalized spacial score (nSPS) is 12.1. The van der Waals surface area contributed by atoms with E-state index in [2.05, 4.69) is 18.1 Å². The molecule has 0 saturated carbocycles. The van der Waals surface area contributed by atoms with E-state index in [9.17, 15) is 5.11 Å². The maximum absolute atomic E-state index is 10.3. The van der Waals surface area contributed by atoms with Crippen LogP contribution in [0, 0.1) is 11.3 Å². The minimum absolute atomic E-state index is 0.510. The lowest BCUT2D eigenvalue weighted by Gasteiger charge is -2.12. The Labute approximate surface area is 119 Å². The van der Waals surface area contributed by atoms with Crippen molar-refractivity contribution in [1.82, 2.24) is 9.78 Å². The van der Waals surface area contributed by atoms with Gasteiger partial charge in [-0.3, -0.25) is 4.68 Å². The van der Waals surface area contributed by atoms with E-state index in [1.54, 1.807) is 18.2 Å². The molecule has 0 bridgehead atoms. The molecule has 2 aromatic rings. The van der Waals surface area contributed by atoms with Crippen LogP contribution in [0.5, 0.6) is 0 Å². The molecule has 0 amide bonds. The first-order chi connectivity index (χ1) is 9.67. The van der Waals surface area contributed by atoms with Crippen LogP contribution in [0.1, 0.15) is 42.5 Å². The monoisotopic (exact) mass is 269 g/mol. The van der Waals surface area contributed by atoms with Crippen molar-refractivity contribution in [1.29, 1.82) is 5.26 Å². The summed E-state index contributed by atoms with van der Waals surface area (Å²) in [6, 6.07) is 11.3. The van der Waals surface area contributed by atoms with Gasteiger partial charge in [-0.2, -0.15) is 10.4 Å². The van der Waals surface area contributed by atoms with Crippen molar-refractivity contribution < 1.29 is 5.11 Å². The molecule has 2 rings (SSSR count). The number of aliphatic hydroxyl groups is 1. The van der Waals surface area contributed by atoms with Gasteiger partial charge in [-0.25, -0.2) is 0 Å². The lowest BCUT2D eigenvalue weighted by atomic mass is 10.0. The standard InChI is InChI=1S/C16H19N3O/c1-3-14-9-15(19(4-2)18-14)10-16(20)13-7-5-6-12(8-13)11-17/h5-9,16,20H,3-4,10H2,1-2H3. The van der Waals surface area contributed by atoms with Crippen LogP contribution in [0.15, 0.2) is 30.3 Å². The first kappa shape index (κ1) is 14.3. The minimum Gasteiger partial charge on any atom is -0.388 e. The van der Waals surface area contributed by atoms with Crippen molar-refractivity contribution in [3.05, 3.63) is 52.8 Å². The van der Waals surface area contributed by atoms with E-state index >= 15 is 0 Å². The maximum Gasteiger partial charge on any atom is 0.0991 e. The summed E-state index contributed by atoms with van der Waals surface area (Å²) >= 11 is 0. The number of hydrogen-bond donors (Lipinski definition) is 1. The van der Waals surface area contributed by atoms with Gasteiger partial charge in [0.1, 0.15) is 0 Å². The molecule has 0 aliphatic rings. The Morgan fingerprint density at radius 1 is 1.35 bits per heavy atom. The Kier molecular flexibility index (Phi) is 4.54. The van der Waals surface area contributed by atoms with E-state index in [1.165, 1.54) is 0 Å². The zero-order valence-corrected chi connectivity index (χ0v) is 11.9. The third-order valence-electron chi connectivity index (χ3n) is 3.38.